The molecule has 4 aromatic rings. The first kappa shape index (κ1) is 30.0. The normalized spacial score (nSPS) is 16.5. The van der Waals surface area contributed by atoms with Crippen LogP contribution >= 0.6 is 0 Å². The highest BCUT2D eigenvalue weighted by atomic mass is 16.1. The number of amides is 1. The van der Waals surface area contributed by atoms with Crippen LogP contribution in [0, 0.1) is 11.8 Å². The van der Waals surface area contributed by atoms with Gasteiger partial charge in [-0.15, -0.1) is 0 Å². The Morgan fingerprint density at radius 3 is 1.54 bits per heavy atom. The number of nitrogens with zero attached hydrogens (tertiary/aromatic N) is 1. The van der Waals surface area contributed by atoms with Gasteiger partial charge in [-0.2, -0.15) is 0 Å². The predicted molar refractivity (Wildman–Crippen MR) is 167 cm³/mol. The molecule has 1 aliphatic carbocycles. The van der Waals surface area contributed by atoms with Gasteiger partial charge < -0.3 is 10.1 Å². The van der Waals surface area contributed by atoms with Crippen molar-refractivity contribution in [2.45, 2.75) is 44.7 Å². The second-order valence-corrected chi connectivity index (χ2v) is 11.0. The molecule has 4 nitrogen and oxygen atoms in total. The number of nitrogens with one attached hydrogen (secondary N) is 1. The molecule has 0 unspecified atom stereocenters. The smallest absolute Gasteiger partial charge is 0.223 e. The van der Waals surface area contributed by atoms with Gasteiger partial charge in [0.15, 0.2) is 0 Å². The van der Waals surface area contributed by atoms with E-state index in [0.29, 0.717) is 6.54 Å². The van der Waals surface area contributed by atoms with Gasteiger partial charge in [0.1, 0.15) is 6.29 Å². The van der Waals surface area contributed by atoms with Gasteiger partial charge >= 0.3 is 0 Å². The molecule has 0 radical (unpaired) electrons. The lowest BCUT2D eigenvalue weighted by Crippen LogP contribution is -2.36. The van der Waals surface area contributed by atoms with E-state index < -0.39 is 0 Å². The molecule has 0 atom stereocenters. The number of carbonyl (C=O) groups is 2. The van der Waals surface area contributed by atoms with Crippen molar-refractivity contribution in [3.63, 3.8) is 0 Å². The summed E-state index contributed by atoms with van der Waals surface area (Å²) in [5.74, 6) is 0.465. The topological polar surface area (TPSA) is 49.4 Å². The first-order valence-corrected chi connectivity index (χ1v) is 14.7. The molecule has 0 bridgehead atoms. The summed E-state index contributed by atoms with van der Waals surface area (Å²) in [5, 5.41) is 3.16. The van der Waals surface area contributed by atoms with Gasteiger partial charge in [0.05, 0.1) is 0 Å². The molecule has 0 heterocycles. The van der Waals surface area contributed by atoms with E-state index in [4.69, 9.17) is 0 Å². The van der Waals surface area contributed by atoms with Crippen LogP contribution in [0.3, 0.4) is 0 Å². The standard InChI is InChI=1S/C22H25NO2.C15H17N/c24-16-17-11-13-20(14-12-17)22(25)23-15-21(18-7-3-1-4-8-18)19-9-5-2-6-10-19;1-16(12-14-8-4-2-5-9-14)13-15-10-6-3-7-11-15/h1-10,16-17,20-21H,11-15H2,(H,23,25);2-11H,12-13H2,1H3. The van der Waals surface area contributed by atoms with E-state index in [1.165, 1.54) is 22.3 Å². The fraction of sp³-hybridized carbons (Fsp3) is 0.297. The molecule has 0 spiro atoms. The van der Waals surface area contributed by atoms with Crippen LogP contribution in [0.25, 0.3) is 0 Å². The third-order valence-corrected chi connectivity index (χ3v) is 7.81. The maximum atomic E-state index is 12.6. The molecule has 4 heteroatoms. The van der Waals surface area contributed by atoms with Gasteiger partial charge in [-0.1, -0.05) is 121 Å². The molecule has 1 amide bonds. The van der Waals surface area contributed by atoms with Gasteiger partial charge in [-0.05, 0) is 55.0 Å². The molecule has 41 heavy (non-hydrogen) atoms. The maximum absolute atomic E-state index is 12.6. The average Bonchev–Trinajstić information content (AvgIpc) is 3.03. The van der Waals surface area contributed by atoms with Crippen LogP contribution in [-0.4, -0.2) is 30.7 Å². The van der Waals surface area contributed by atoms with Crippen LogP contribution in [0.5, 0.6) is 0 Å². The first-order valence-electron chi connectivity index (χ1n) is 14.7. The lowest BCUT2D eigenvalue weighted by molar-refractivity contribution is -0.127. The number of rotatable bonds is 10. The van der Waals surface area contributed by atoms with Crippen LogP contribution in [-0.2, 0) is 22.7 Å². The lowest BCUT2D eigenvalue weighted by atomic mass is 9.82. The van der Waals surface area contributed by atoms with Gasteiger partial charge in [0.25, 0.3) is 0 Å². The van der Waals surface area contributed by atoms with E-state index in [9.17, 15) is 9.59 Å². The van der Waals surface area contributed by atoms with Crippen LogP contribution in [0.2, 0.25) is 0 Å². The number of hydrogen-bond donors (Lipinski definition) is 1. The molecule has 212 valence electrons. The molecule has 1 fully saturated rings. The fourth-order valence-corrected chi connectivity index (χ4v) is 5.51. The largest absolute Gasteiger partial charge is 0.355 e. The minimum absolute atomic E-state index is 0.0448. The second-order valence-electron chi connectivity index (χ2n) is 11.0. The monoisotopic (exact) mass is 546 g/mol. The molecule has 0 aromatic heterocycles. The third kappa shape index (κ3) is 9.84. The molecular weight excluding hydrogens is 504 g/mol. The zero-order valence-electron chi connectivity index (χ0n) is 24.1. The summed E-state index contributed by atoms with van der Waals surface area (Å²) in [6.07, 6.45) is 4.34. The highest BCUT2D eigenvalue weighted by Gasteiger charge is 2.26. The van der Waals surface area contributed by atoms with Crippen molar-refractivity contribution >= 4 is 12.2 Å². The van der Waals surface area contributed by atoms with E-state index in [-0.39, 0.29) is 23.7 Å². The van der Waals surface area contributed by atoms with Crippen molar-refractivity contribution in [3.8, 4) is 0 Å². The highest BCUT2D eigenvalue weighted by molar-refractivity contribution is 5.79. The van der Waals surface area contributed by atoms with E-state index in [1.807, 2.05) is 36.4 Å². The van der Waals surface area contributed by atoms with Gasteiger partial charge in [-0.25, -0.2) is 0 Å². The number of aldehydes is 1. The number of carbonyl (C=O) groups excluding carboxylic acids is 2. The van der Waals surface area contributed by atoms with E-state index >= 15 is 0 Å². The van der Waals surface area contributed by atoms with E-state index in [2.05, 4.69) is 102 Å². The van der Waals surface area contributed by atoms with Crippen LogP contribution < -0.4 is 5.32 Å². The summed E-state index contributed by atoms with van der Waals surface area (Å²) in [4.78, 5) is 25.7. The van der Waals surface area contributed by atoms with E-state index in [0.717, 1.165) is 45.1 Å². The Kier molecular flexibility index (Phi) is 11.9. The maximum Gasteiger partial charge on any atom is 0.223 e. The van der Waals surface area contributed by atoms with Gasteiger partial charge in [0.2, 0.25) is 5.91 Å². The van der Waals surface area contributed by atoms with Crippen molar-refractivity contribution in [2.24, 2.45) is 11.8 Å². The van der Waals surface area contributed by atoms with Crippen molar-refractivity contribution < 1.29 is 9.59 Å². The quantitative estimate of drug-likeness (QED) is 0.213. The fourth-order valence-electron chi connectivity index (χ4n) is 5.51. The van der Waals surface area contributed by atoms with E-state index in [1.54, 1.807) is 0 Å². The third-order valence-electron chi connectivity index (χ3n) is 7.81. The van der Waals surface area contributed by atoms with Crippen molar-refractivity contribution in [3.05, 3.63) is 144 Å². The van der Waals surface area contributed by atoms with Crippen molar-refractivity contribution in [1.29, 1.82) is 0 Å². The summed E-state index contributed by atoms with van der Waals surface area (Å²) in [5.41, 5.74) is 5.14. The van der Waals surface area contributed by atoms with Crippen molar-refractivity contribution in [1.82, 2.24) is 10.2 Å². The highest BCUT2D eigenvalue weighted by Crippen LogP contribution is 2.28. The molecule has 1 aliphatic rings. The summed E-state index contributed by atoms with van der Waals surface area (Å²) >= 11 is 0. The SMILES string of the molecule is CN(Cc1ccccc1)Cc1ccccc1.O=CC1CCC(C(=O)NCC(c2ccccc2)c2ccccc2)CC1. The molecule has 0 saturated heterocycles. The summed E-state index contributed by atoms with van der Waals surface area (Å²) in [6.45, 7) is 2.59. The average molecular weight is 547 g/mol. The molecule has 1 saturated carbocycles. The van der Waals surface area contributed by atoms with Crippen LogP contribution in [0.4, 0.5) is 0 Å². The second kappa shape index (κ2) is 16.3. The predicted octanol–water partition coefficient (Wildman–Crippen LogP) is 7.26. The zero-order chi connectivity index (χ0) is 28.7. The van der Waals surface area contributed by atoms with Crippen LogP contribution in [0.1, 0.15) is 53.9 Å². The minimum Gasteiger partial charge on any atom is -0.355 e. The van der Waals surface area contributed by atoms with Crippen molar-refractivity contribution in [2.75, 3.05) is 13.6 Å². The molecule has 0 aliphatic heterocycles. The molecule has 5 rings (SSSR count). The Hall–Kier alpha value is -4.02. The Morgan fingerprint density at radius 2 is 1.12 bits per heavy atom. The Bertz CT molecular complexity index is 1210. The Labute approximate surface area is 245 Å². The molecular formula is C37H42N2O2. The van der Waals surface area contributed by atoms with Gasteiger partial charge in [-0.3, -0.25) is 9.69 Å². The summed E-state index contributed by atoms with van der Waals surface area (Å²) in [6, 6.07) is 41.7. The number of hydrogen-bond acceptors (Lipinski definition) is 3. The summed E-state index contributed by atoms with van der Waals surface area (Å²) < 4.78 is 0. The Morgan fingerprint density at radius 1 is 0.707 bits per heavy atom. The first-order chi connectivity index (χ1) is 20.1. The number of benzene rings is 4. The minimum atomic E-state index is 0.0448. The molecule has 4 aromatic carbocycles. The Balaban J connectivity index is 0.000000208. The lowest BCUT2D eigenvalue weighted by Gasteiger charge is -2.26. The zero-order valence-corrected chi connectivity index (χ0v) is 24.1. The van der Waals surface area contributed by atoms with Gasteiger partial charge in [0, 0.05) is 37.4 Å². The van der Waals surface area contributed by atoms with Crippen LogP contribution in [0.15, 0.2) is 121 Å². The molecule has 1 N–H and O–H groups in total. The summed E-state index contributed by atoms with van der Waals surface area (Å²) in [7, 11) is 2.15.